The molecule has 1 unspecified atom stereocenters. The Balaban J connectivity index is 1.56. The molecule has 4 aromatic rings. The van der Waals surface area contributed by atoms with Crippen molar-refractivity contribution >= 4 is 28.8 Å². The second-order valence-corrected chi connectivity index (χ2v) is 10.1. The van der Waals surface area contributed by atoms with E-state index in [0.29, 0.717) is 23.4 Å². The second kappa shape index (κ2) is 11.6. The first kappa shape index (κ1) is 28.1. The number of imidazole rings is 1. The first-order chi connectivity index (χ1) is 19.7. The van der Waals surface area contributed by atoms with Gasteiger partial charge in [-0.15, -0.1) is 0 Å². The Labute approximate surface area is 236 Å². The Bertz CT molecular complexity index is 1460. The summed E-state index contributed by atoms with van der Waals surface area (Å²) in [6.07, 6.45) is -0.457. The number of ether oxygens (including phenoxy) is 2. The molecular formula is C28H34N8O5. The number of aromatic nitrogens is 4. The van der Waals surface area contributed by atoms with E-state index in [2.05, 4.69) is 25.7 Å². The van der Waals surface area contributed by atoms with Gasteiger partial charge < -0.3 is 35.3 Å². The third-order valence-corrected chi connectivity index (χ3v) is 7.87. The molecule has 5 rings (SSSR count). The molecule has 0 spiro atoms. The van der Waals surface area contributed by atoms with Gasteiger partial charge in [-0.1, -0.05) is 31.2 Å². The average molecular weight is 563 g/mol. The molecule has 2 aromatic heterocycles. The third kappa shape index (κ3) is 5.34. The zero-order chi connectivity index (χ0) is 29.3. The smallest absolute Gasteiger partial charge is 0.241 e. The summed E-state index contributed by atoms with van der Waals surface area (Å²) in [5.41, 5.74) is 10.7. The molecule has 13 nitrogen and oxygen atoms in total. The number of carbonyl (C=O) groups excluding carboxylic acids is 1. The molecule has 0 aliphatic heterocycles. The van der Waals surface area contributed by atoms with Gasteiger partial charge in [0.15, 0.2) is 17.0 Å². The quantitative estimate of drug-likeness (QED) is 0.122. The lowest BCUT2D eigenvalue weighted by atomic mass is 9.90. The Morgan fingerprint density at radius 2 is 1.59 bits per heavy atom. The zero-order valence-corrected chi connectivity index (χ0v) is 22.9. The third-order valence-electron chi connectivity index (χ3n) is 7.87. The van der Waals surface area contributed by atoms with Gasteiger partial charge in [0.05, 0.1) is 38.7 Å². The molecule has 1 fully saturated rings. The van der Waals surface area contributed by atoms with E-state index in [1.54, 1.807) is 32.0 Å². The number of amides is 1. The van der Waals surface area contributed by atoms with Gasteiger partial charge in [-0.05, 0) is 41.8 Å². The fourth-order valence-electron chi connectivity index (χ4n) is 5.44. The van der Waals surface area contributed by atoms with Crippen LogP contribution >= 0.6 is 0 Å². The molecule has 2 heterocycles. The number of hydrogen-bond donors (Lipinski definition) is 6. The van der Waals surface area contributed by atoms with Crippen LogP contribution in [0.4, 0.5) is 11.8 Å². The monoisotopic (exact) mass is 562 g/mol. The Kier molecular flexibility index (Phi) is 7.92. The second-order valence-electron chi connectivity index (χ2n) is 10.1. The minimum Gasteiger partial charge on any atom is -0.497 e. The van der Waals surface area contributed by atoms with Crippen LogP contribution in [0.25, 0.3) is 11.2 Å². The van der Waals surface area contributed by atoms with Crippen molar-refractivity contribution in [3.63, 3.8) is 0 Å². The van der Waals surface area contributed by atoms with E-state index in [9.17, 15) is 15.0 Å². The highest BCUT2D eigenvalue weighted by Gasteiger charge is 2.46. The summed E-state index contributed by atoms with van der Waals surface area (Å²) < 4.78 is 12.4. The van der Waals surface area contributed by atoms with E-state index in [4.69, 9.17) is 21.1 Å². The molecule has 1 amide bonds. The van der Waals surface area contributed by atoms with E-state index in [0.717, 1.165) is 22.6 Å². The number of nitrogens with one attached hydrogen (secondary N) is 2. The molecule has 1 aliphatic rings. The number of hydrazine groups is 1. The number of aliphatic hydroxyl groups is 2. The van der Waals surface area contributed by atoms with Crippen molar-refractivity contribution in [3.05, 3.63) is 66.0 Å². The average Bonchev–Trinajstić information content (AvgIpc) is 3.55. The molecule has 0 bridgehead atoms. The zero-order valence-electron chi connectivity index (χ0n) is 22.9. The number of nitrogens with two attached hydrogens (primary N) is 2. The number of methoxy groups -OCH3 is 2. The minimum absolute atomic E-state index is 0.125. The molecule has 8 N–H and O–H groups in total. The molecule has 5 atom stereocenters. The first-order valence-electron chi connectivity index (χ1n) is 13.2. The maximum atomic E-state index is 11.8. The highest BCUT2D eigenvalue weighted by atomic mass is 16.5. The summed E-state index contributed by atoms with van der Waals surface area (Å²) in [7, 11) is 3.22. The van der Waals surface area contributed by atoms with Crippen LogP contribution in [0.5, 0.6) is 11.5 Å². The van der Waals surface area contributed by atoms with Gasteiger partial charge in [0.25, 0.3) is 0 Å². The molecule has 0 radical (unpaired) electrons. The van der Waals surface area contributed by atoms with Crippen LogP contribution in [0.1, 0.15) is 36.6 Å². The molecule has 0 saturated heterocycles. The Hall–Kier alpha value is -4.46. The van der Waals surface area contributed by atoms with Crippen molar-refractivity contribution < 1.29 is 24.5 Å². The topological polar surface area (TPSA) is 196 Å². The van der Waals surface area contributed by atoms with Crippen LogP contribution in [0, 0.1) is 11.8 Å². The van der Waals surface area contributed by atoms with Crippen molar-refractivity contribution in [1.29, 1.82) is 0 Å². The molecular weight excluding hydrogens is 528 g/mol. The summed E-state index contributed by atoms with van der Waals surface area (Å²) in [5, 5.41) is 25.2. The van der Waals surface area contributed by atoms with Gasteiger partial charge in [0, 0.05) is 11.8 Å². The number of hydrogen-bond acceptors (Lipinski definition) is 11. The van der Waals surface area contributed by atoms with E-state index in [1.165, 1.54) is 0 Å². The lowest BCUT2D eigenvalue weighted by Gasteiger charge is -2.22. The molecule has 216 valence electrons. The predicted octanol–water partition coefficient (Wildman–Crippen LogP) is 1.73. The maximum absolute atomic E-state index is 11.8. The highest BCUT2D eigenvalue weighted by Crippen LogP contribution is 2.41. The highest BCUT2D eigenvalue weighted by molar-refractivity contribution is 5.85. The number of aliphatic hydroxyl groups excluding tert-OH is 2. The fraction of sp³-hybridized carbons (Fsp3) is 0.357. The number of benzene rings is 2. The Morgan fingerprint density at radius 1 is 1.00 bits per heavy atom. The summed E-state index contributed by atoms with van der Waals surface area (Å²) in [6.45, 7) is 1.65. The van der Waals surface area contributed by atoms with Gasteiger partial charge in [0.2, 0.25) is 11.9 Å². The van der Waals surface area contributed by atoms with Crippen LogP contribution in [-0.4, -0.2) is 62.1 Å². The summed E-state index contributed by atoms with van der Waals surface area (Å²) in [4.78, 5) is 25.5. The van der Waals surface area contributed by atoms with Crippen molar-refractivity contribution in [2.24, 2.45) is 23.4 Å². The van der Waals surface area contributed by atoms with Gasteiger partial charge in [-0.2, -0.15) is 9.97 Å². The van der Waals surface area contributed by atoms with Gasteiger partial charge in [0.1, 0.15) is 17.6 Å². The number of anilines is 2. The number of nitrogens with zero attached hydrogens (tertiary/aromatic N) is 4. The van der Waals surface area contributed by atoms with E-state index in [-0.39, 0.29) is 12.0 Å². The fourth-order valence-corrected chi connectivity index (χ4v) is 5.44. The number of primary amides is 1. The van der Waals surface area contributed by atoms with Crippen molar-refractivity contribution in [1.82, 2.24) is 19.5 Å². The summed E-state index contributed by atoms with van der Waals surface area (Å²) in [6, 6.07) is 14.4. The minimum atomic E-state index is -1.16. The number of nitrogen functional groups attached to an aromatic ring is 1. The normalized spacial score (nSPS) is 21.1. The summed E-state index contributed by atoms with van der Waals surface area (Å²) >= 11 is 0. The lowest BCUT2D eigenvalue weighted by molar-refractivity contribution is -0.124. The molecule has 41 heavy (non-hydrogen) atoms. The van der Waals surface area contributed by atoms with Crippen molar-refractivity contribution in [2.45, 2.75) is 37.6 Å². The van der Waals surface area contributed by atoms with Crippen LogP contribution in [0.2, 0.25) is 0 Å². The van der Waals surface area contributed by atoms with E-state index < -0.39 is 36.0 Å². The van der Waals surface area contributed by atoms with Crippen LogP contribution in [0.3, 0.4) is 0 Å². The van der Waals surface area contributed by atoms with Crippen molar-refractivity contribution in [2.75, 3.05) is 25.0 Å². The lowest BCUT2D eigenvalue weighted by Crippen LogP contribution is -2.35. The van der Waals surface area contributed by atoms with Gasteiger partial charge in [-0.3, -0.25) is 10.2 Å². The molecule has 13 heteroatoms. The standard InChI is InChI=1S/C28H34N8O5/c1-14(25(29)39)19-12-20(24(38)23(19)37)36-13-31-22-26(33-28(35-30)34-27(22)36)32-21(15-4-8-17(40-2)9-5-15)16-6-10-18(41-3)11-7-16/h4-11,13-14,19-21,23-24,37-38H,12,30H2,1-3H3,(H2,29,39)(H2,32,33,34,35)/t14?,19-,20+,23+,24-/m0/s1. The Morgan fingerprint density at radius 3 is 2.10 bits per heavy atom. The number of rotatable bonds is 10. The van der Waals surface area contributed by atoms with Crippen molar-refractivity contribution in [3.8, 4) is 11.5 Å². The largest absolute Gasteiger partial charge is 0.497 e. The van der Waals surface area contributed by atoms with E-state index in [1.807, 2.05) is 48.5 Å². The van der Waals surface area contributed by atoms with Crippen LogP contribution in [-0.2, 0) is 4.79 Å². The molecule has 2 aromatic carbocycles. The number of fused-ring (bicyclic) bond motifs is 1. The van der Waals surface area contributed by atoms with Gasteiger partial charge >= 0.3 is 0 Å². The van der Waals surface area contributed by atoms with E-state index >= 15 is 0 Å². The maximum Gasteiger partial charge on any atom is 0.241 e. The predicted molar refractivity (Wildman–Crippen MR) is 152 cm³/mol. The SMILES string of the molecule is COc1ccc(C(Nc2nc(NN)nc3c2ncn3[C@@H]2C[C@@H](C(C)C(N)=O)[C@@H](O)[C@H]2O)c2ccc(OC)cc2)cc1. The van der Waals surface area contributed by atoms with Gasteiger partial charge in [-0.25, -0.2) is 10.8 Å². The number of carbonyl (C=O) groups is 1. The van der Waals surface area contributed by atoms with Crippen LogP contribution in [0.15, 0.2) is 54.9 Å². The molecule has 1 aliphatic carbocycles. The molecule has 1 saturated carbocycles. The van der Waals surface area contributed by atoms with Crippen LogP contribution < -0.4 is 31.8 Å². The first-order valence-corrected chi connectivity index (χ1v) is 13.2. The summed E-state index contributed by atoms with van der Waals surface area (Å²) in [5.74, 6) is 6.03.